The summed E-state index contributed by atoms with van der Waals surface area (Å²) in [5, 5.41) is 4.09. The third-order valence-corrected chi connectivity index (χ3v) is 2.64. The summed E-state index contributed by atoms with van der Waals surface area (Å²) in [6, 6.07) is 11.8. The van der Waals surface area contributed by atoms with Gasteiger partial charge < -0.3 is 0 Å². The van der Waals surface area contributed by atoms with Crippen LogP contribution in [0.25, 0.3) is 5.78 Å². The van der Waals surface area contributed by atoms with E-state index in [1.807, 2.05) is 43.3 Å². The van der Waals surface area contributed by atoms with E-state index in [1.54, 1.807) is 4.52 Å². The lowest BCUT2D eigenvalue weighted by Gasteiger charge is -2.08. The summed E-state index contributed by atoms with van der Waals surface area (Å²) < 4.78 is 1.60. The SMILES string of the molecule is Cc1cc(NOCc2ccccc2)n2ncnc2n1. The molecule has 0 saturated heterocycles. The van der Waals surface area contributed by atoms with Crippen LogP contribution in [0.4, 0.5) is 5.82 Å². The quantitative estimate of drug-likeness (QED) is 0.722. The molecule has 0 amide bonds. The smallest absolute Gasteiger partial charge is 0.254 e. The minimum absolute atomic E-state index is 0.471. The zero-order valence-corrected chi connectivity index (χ0v) is 10.4. The van der Waals surface area contributed by atoms with E-state index in [0.29, 0.717) is 18.2 Å². The summed E-state index contributed by atoms with van der Waals surface area (Å²) in [5.74, 6) is 1.25. The summed E-state index contributed by atoms with van der Waals surface area (Å²) >= 11 is 0. The molecular weight excluding hydrogens is 242 g/mol. The van der Waals surface area contributed by atoms with Gasteiger partial charge in [0.1, 0.15) is 6.33 Å². The highest BCUT2D eigenvalue weighted by Crippen LogP contribution is 2.10. The number of anilines is 1. The molecule has 0 aliphatic carbocycles. The van der Waals surface area contributed by atoms with Gasteiger partial charge in [-0.3, -0.25) is 4.84 Å². The van der Waals surface area contributed by atoms with Crippen LogP contribution in [0.3, 0.4) is 0 Å². The molecule has 6 heteroatoms. The van der Waals surface area contributed by atoms with Gasteiger partial charge in [0, 0.05) is 11.8 Å². The molecule has 1 N–H and O–H groups in total. The lowest BCUT2D eigenvalue weighted by molar-refractivity contribution is 0.178. The summed E-state index contributed by atoms with van der Waals surface area (Å²) in [7, 11) is 0. The van der Waals surface area contributed by atoms with Gasteiger partial charge >= 0.3 is 0 Å². The minimum Gasteiger partial charge on any atom is -0.270 e. The highest BCUT2D eigenvalue weighted by atomic mass is 16.6. The highest BCUT2D eigenvalue weighted by molar-refractivity contribution is 5.43. The van der Waals surface area contributed by atoms with E-state index >= 15 is 0 Å². The van der Waals surface area contributed by atoms with Crippen molar-refractivity contribution in [2.24, 2.45) is 0 Å². The first kappa shape index (κ1) is 11.6. The first-order chi connectivity index (χ1) is 9.33. The van der Waals surface area contributed by atoms with E-state index in [1.165, 1.54) is 6.33 Å². The summed E-state index contributed by atoms with van der Waals surface area (Å²) in [6.45, 7) is 2.37. The van der Waals surface area contributed by atoms with Crippen LogP contribution in [-0.4, -0.2) is 19.6 Å². The van der Waals surface area contributed by atoms with Crippen molar-refractivity contribution >= 4 is 11.6 Å². The average Bonchev–Trinajstić information content (AvgIpc) is 2.88. The van der Waals surface area contributed by atoms with Crippen molar-refractivity contribution in [1.82, 2.24) is 19.6 Å². The van der Waals surface area contributed by atoms with Crippen molar-refractivity contribution < 1.29 is 4.84 Å². The van der Waals surface area contributed by atoms with Gasteiger partial charge in [-0.05, 0) is 12.5 Å². The molecular formula is C13H13N5O. The molecule has 2 heterocycles. The molecule has 0 saturated carbocycles. The molecule has 2 aromatic heterocycles. The molecule has 0 aliphatic heterocycles. The van der Waals surface area contributed by atoms with Crippen LogP contribution < -0.4 is 5.48 Å². The Labute approximate surface area is 110 Å². The minimum atomic E-state index is 0.471. The third kappa shape index (κ3) is 2.53. The lowest BCUT2D eigenvalue weighted by Crippen LogP contribution is -2.07. The van der Waals surface area contributed by atoms with Gasteiger partial charge in [-0.1, -0.05) is 30.3 Å². The Bertz CT molecular complexity index is 680. The predicted molar refractivity (Wildman–Crippen MR) is 70.4 cm³/mol. The van der Waals surface area contributed by atoms with E-state index < -0.39 is 0 Å². The van der Waals surface area contributed by atoms with E-state index in [9.17, 15) is 0 Å². The second kappa shape index (κ2) is 5.03. The van der Waals surface area contributed by atoms with Crippen LogP contribution in [0.1, 0.15) is 11.3 Å². The number of benzene rings is 1. The van der Waals surface area contributed by atoms with Crippen LogP contribution in [0.15, 0.2) is 42.7 Å². The molecule has 0 atom stereocenters. The van der Waals surface area contributed by atoms with Gasteiger partial charge in [0.05, 0.1) is 6.61 Å². The van der Waals surface area contributed by atoms with Gasteiger partial charge in [-0.25, -0.2) is 10.5 Å². The van der Waals surface area contributed by atoms with Gasteiger partial charge in [-0.15, -0.1) is 0 Å². The molecule has 0 bridgehead atoms. The fourth-order valence-corrected chi connectivity index (χ4v) is 1.77. The Balaban J connectivity index is 1.73. The number of aryl methyl sites for hydroxylation is 1. The Morgan fingerprint density at radius 2 is 2.11 bits per heavy atom. The molecule has 96 valence electrons. The first-order valence-corrected chi connectivity index (χ1v) is 5.92. The second-order valence-corrected chi connectivity index (χ2v) is 4.13. The zero-order valence-electron chi connectivity index (χ0n) is 10.4. The van der Waals surface area contributed by atoms with Crippen molar-refractivity contribution in [2.45, 2.75) is 13.5 Å². The molecule has 6 nitrogen and oxygen atoms in total. The summed E-state index contributed by atoms with van der Waals surface area (Å²) in [5.41, 5.74) is 4.83. The largest absolute Gasteiger partial charge is 0.270 e. The molecule has 0 aliphatic rings. The van der Waals surface area contributed by atoms with Crippen molar-refractivity contribution in [3.05, 3.63) is 54.0 Å². The van der Waals surface area contributed by atoms with Gasteiger partial charge in [0.2, 0.25) is 0 Å². The molecule has 1 aromatic carbocycles. The maximum Gasteiger partial charge on any atom is 0.254 e. The molecule has 0 unspecified atom stereocenters. The predicted octanol–water partition coefficient (Wildman–Crippen LogP) is 1.98. The van der Waals surface area contributed by atoms with Crippen LogP contribution in [0.2, 0.25) is 0 Å². The monoisotopic (exact) mass is 255 g/mol. The highest BCUT2D eigenvalue weighted by Gasteiger charge is 2.05. The number of rotatable bonds is 4. The standard InChI is InChI=1S/C13H13N5O/c1-10-7-12(18-13(16-10)14-9-15-18)17-19-8-11-5-3-2-4-6-11/h2-7,9,17H,8H2,1H3. The van der Waals surface area contributed by atoms with Crippen molar-refractivity contribution in [3.8, 4) is 0 Å². The number of hydrogen-bond acceptors (Lipinski definition) is 5. The maximum atomic E-state index is 5.47. The average molecular weight is 255 g/mol. The van der Waals surface area contributed by atoms with Crippen LogP contribution in [-0.2, 0) is 11.4 Å². The van der Waals surface area contributed by atoms with Crippen molar-refractivity contribution in [3.63, 3.8) is 0 Å². The van der Waals surface area contributed by atoms with E-state index in [0.717, 1.165) is 11.3 Å². The number of fused-ring (bicyclic) bond motifs is 1. The number of aromatic nitrogens is 4. The zero-order chi connectivity index (χ0) is 13.1. The van der Waals surface area contributed by atoms with E-state index in [-0.39, 0.29) is 0 Å². The second-order valence-electron chi connectivity index (χ2n) is 4.13. The van der Waals surface area contributed by atoms with Gasteiger partial charge in [0.15, 0.2) is 5.82 Å². The number of hydrogen-bond donors (Lipinski definition) is 1. The Morgan fingerprint density at radius 1 is 1.26 bits per heavy atom. The molecule has 0 radical (unpaired) electrons. The third-order valence-electron chi connectivity index (χ3n) is 2.64. The van der Waals surface area contributed by atoms with Gasteiger partial charge in [-0.2, -0.15) is 14.6 Å². The molecule has 19 heavy (non-hydrogen) atoms. The van der Waals surface area contributed by atoms with Gasteiger partial charge in [0.25, 0.3) is 5.78 Å². The topological polar surface area (TPSA) is 64.3 Å². The Hall–Kier alpha value is -2.47. The first-order valence-electron chi connectivity index (χ1n) is 5.92. The molecule has 3 aromatic rings. The van der Waals surface area contributed by atoms with Crippen LogP contribution in [0.5, 0.6) is 0 Å². The lowest BCUT2D eigenvalue weighted by atomic mass is 10.2. The normalized spacial score (nSPS) is 10.8. The van der Waals surface area contributed by atoms with Crippen molar-refractivity contribution in [2.75, 3.05) is 5.48 Å². The number of nitrogens with one attached hydrogen (secondary N) is 1. The summed E-state index contributed by atoms with van der Waals surface area (Å²) in [6.07, 6.45) is 1.46. The molecule has 0 fully saturated rings. The van der Waals surface area contributed by atoms with E-state index in [4.69, 9.17) is 4.84 Å². The maximum absolute atomic E-state index is 5.47. The van der Waals surface area contributed by atoms with E-state index in [2.05, 4.69) is 20.5 Å². The van der Waals surface area contributed by atoms with Crippen molar-refractivity contribution in [1.29, 1.82) is 0 Å². The Kier molecular flexibility index (Phi) is 3.07. The Morgan fingerprint density at radius 3 is 2.95 bits per heavy atom. The van der Waals surface area contributed by atoms with Crippen LogP contribution >= 0.6 is 0 Å². The fraction of sp³-hybridized carbons (Fsp3) is 0.154. The molecule has 0 spiro atoms. The fourth-order valence-electron chi connectivity index (χ4n) is 1.77. The summed E-state index contributed by atoms with van der Waals surface area (Å²) in [4.78, 5) is 13.8. The molecule has 3 rings (SSSR count). The number of nitrogens with zero attached hydrogens (tertiary/aromatic N) is 4. The van der Waals surface area contributed by atoms with Crippen LogP contribution in [0, 0.1) is 6.92 Å².